The normalized spacial score (nSPS) is 12.7. The van der Waals surface area contributed by atoms with Crippen LogP contribution in [0.1, 0.15) is 5.56 Å². The van der Waals surface area contributed by atoms with Crippen LogP contribution in [0.15, 0.2) is 24.4 Å². The van der Waals surface area contributed by atoms with Crippen LogP contribution in [-0.2, 0) is 0 Å². The highest BCUT2D eigenvalue weighted by atomic mass is 35.5. The number of nitrogens with one attached hydrogen (secondary N) is 1. The molecule has 0 radical (unpaired) electrons. The van der Waals surface area contributed by atoms with E-state index in [0.717, 1.165) is 11.3 Å². The molecular formula is C12H12ClNO2. The molecule has 1 heterocycles. The number of hydrogen-bond donors (Lipinski definition) is 1. The summed E-state index contributed by atoms with van der Waals surface area (Å²) in [6.07, 6.45) is 7.58. The summed E-state index contributed by atoms with van der Waals surface area (Å²) in [7, 11) is 3.16. The highest BCUT2D eigenvalue weighted by Crippen LogP contribution is 2.42. The van der Waals surface area contributed by atoms with Gasteiger partial charge in [0.05, 0.1) is 24.9 Å². The summed E-state index contributed by atoms with van der Waals surface area (Å²) >= 11 is 6.26. The third-order valence-electron chi connectivity index (χ3n) is 2.36. The number of fused-ring (bicyclic) bond motifs is 1. The topological polar surface area (TPSA) is 30.5 Å². The lowest BCUT2D eigenvalue weighted by Gasteiger charge is -2.14. The molecule has 1 aliphatic heterocycles. The minimum Gasteiger partial charge on any atom is -0.493 e. The molecule has 1 N–H and O–H groups in total. The second-order valence-corrected chi connectivity index (χ2v) is 3.63. The van der Waals surface area contributed by atoms with Crippen LogP contribution in [0.5, 0.6) is 11.5 Å². The van der Waals surface area contributed by atoms with E-state index in [4.69, 9.17) is 21.1 Å². The molecule has 16 heavy (non-hydrogen) atoms. The summed E-state index contributed by atoms with van der Waals surface area (Å²) in [4.78, 5) is 0. The lowest BCUT2D eigenvalue weighted by molar-refractivity contribution is 0.355. The summed E-state index contributed by atoms with van der Waals surface area (Å²) in [6, 6.07) is 1.86. The van der Waals surface area contributed by atoms with Gasteiger partial charge in [-0.3, -0.25) is 0 Å². The highest BCUT2D eigenvalue weighted by molar-refractivity contribution is 6.34. The lowest BCUT2D eigenvalue weighted by Crippen LogP contribution is -1.97. The van der Waals surface area contributed by atoms with Crippen LogP contribution in [0.3, 0.4) is 0 Å². The lowest BCUT2D eigenvalue weighted by atomic mass is 10.1. The van der Waals surface area contributed by atoms with Gasteiger partial charge in [0.25, 0.3) is 0 Å². The maximum absolute atomic E-state index is 6.26. The third-order valence-corrected chi connectivity index (χ3v) is 2.73. The molecule has 0 fully saturated rings. The van der Waals surface area contributed by atoms with Gasteiger partial charge in [-0.2, -0.15) is 0 Å². The van der Waals surface area contributed by atoms with Crippen molar-refractivity contribution in [1.82, 2.24) is 0 Å². The van der Waals surface area contributed by atoms with E-state index in [1.807, 2.05) is 30.5 Å². The maximum Gasteiger partial charge on any atom is 0.180 e. The number of benzene rings is 1. The molecule has 0 aliphatic carbocycles. The zero-order valence-corrected chi connectivity index (χ0v) is 9.84. The Labute approximate surface area is 99.3 Å². The standard InChI is InChI=1S/C12H12ClNO2/c1-15-10-7-9-8(5-3-4-6-14-9)11(13)12(10)16-2/h3-7,14H,1-2H3. The Bertz CT molecular complexity index is 467. The molecule has 0 aromatic heterocycles. The van der Waals surface area contributed by atoms with Crippen molar-refractivity contribution in [2.75, 3.05) is 19.5 Å². The fourth-order valence-corrected chi connectivity index (χ4v) is 1.93. The van der Waals surface area contributed by atoms with Crippen LogP contribution in [0, 0.1) is 0 Å². The first kappa shape index (κ1) is 10.9. The summed E-state index contributed by atoms with van der Waals surface area (Å²) in [5.74, 6) is 1.17. The predicted octanol–water partition coefficient (Wildman–Crippen LogP) is 3.31. The van der Waals surface area contributed by atoms with Gasteiger partial charge < -0.3 is 14.8 Å². The molecule has 4 heteroatoms. The molecule has 0 unspecified atom stereocenters. The van der Waals surface area contributed by atoms with Gasteiger partial charge in [-0.25, -0.2) is 0 Å². The number of anilines is 1. The maximum atomic E-state index is 6.26. The zero-order chi connectivity index (χ0) is 11.5. The molecule has 1 aromatic rings. The van der Waals surface area contributed by atoms with Crippen molar-refractivity contribution in [2.24, 2.45) is 0 Å². The van der Waals surface area contributed by atoms with Crippen LogP contribution in [-0.4, -0.2) is 14.2 Å². The average Bonchev–Trinajstić information content (AvgIpc) is 2.54. The first-order valence-electron chi connectivity index (χ1n) is 4.82. The Balaban J connectivity index is 2.65. The molecule has 3 nitrogen and oxygen atoms in total. The largest absolute Gasteiger partial charge is 0.493 e. The Morgan fingerprint density at radius 3 is 2.69 bits per heavy atom. The van der Waals surface area contributed by atoms with Gasteiger partial charge in [-0.15, -0.1) is 0 Å². The van der Waals surface area contributed by atoms with Gasteiger partial charge in [-0.05, 0) is 6.08 Å². The quantitative estimate of drug-likeness (QED) is 0.856. The van der Waals surface area contributed by atoms with Gasteiger partial charge >= 0.3 is 0 Å². The molecule has 0 amide bonds. The number of methoxy groups -OCH3 is 2. The molecule has 0 atom stereocenters. The van der Waals surface area contributed by atoms with Crippen molar-refractivity contribution >= 4 is 23.4 Å². The molecular weight excluding hydrogens is 226 g/mol. The van der Waals surface area contributed by atoms with E-state index in [9.17, 15) is 0 Å². The van der Waals surface area contributed by atoms with Crippen molar-refractivity contribution in [2.45, 2.75) is 0 Å². The Morgan fingerprint density at radius 2 is 2.00 bits per heavy atom. The van der Waals surface area contributed by atoms with Crippen molar-refractivity contribution in [3.63, 3.8) is 0 Å². The molecule has 0 bridgehead atoms. The van der Waals surface area contributed by atoms with Crippen molar-refractivity contribution in [3.8, 4) is 11.5 Å². The van der Waals surface area contributed by atoms with Crippen LogP contribution < -0.4 is 14.8 Å². The predicted molar refractivity (Wildman–Crippen MR) is 66.4 cm³/mol. The fraction of sp³-hybridized carbons (Fsp3) is 0.167. The van der Waals surface area contributed by atoms with Gasteiger partial charge in [0.2, 0.25) is 0 Å². The highest BCUT2D eigenvalue weighted by Gasteiger charge is 2.16. The van der Waals surface area contributed by atoms with E-state index < -0.39 is 0 Å². The monoisotopic (exact) mass is 237 g/mol. The van der Waals surface area contributed by atoms with Crippen molar-refractivity contribution in [1.29, 1.82) is 0 Å². The van der Waals surface area contributed by atoms with E-state index in [1.54, 1.807) is 14.2 Å². The molecule has 0 saturated heterocycles. The number of ether oxygens (including phenoxy) is 2. The number of allylic oxidation sites excluding steroid dienone is 2. The van der Waals surface area contributed by atoms with E-state index >= 15 is 0 Å². The minimum absolute atomic E-state index is 0.546. The second kappa shape index (κ2) is 4.49. The van der Waals surface area contributed by atoms with Gasteiger partial charge in [0, 0.05) is 17.8 Å². The third kappa shape index (κ3) is 1.74. The molecule has 1 aliphatic rings. The van der Waals surface area contributed by atoms with E-state index in [0.29, 0.717) is 16.5 Å². The summed E-state index contributed by atoms with van der Waals surface area (Å²) in [6.45, 7) is 0. The Morgan fingerprint density at radius 1 is 1.19 bits per heavy atom. The number of halogens is 1. The van der Waals surface area contributed by atoms with E-state index in [-0.39, 0.29) is 0 Å². The van der Waals surface area contributed by atoms with Crippen molar-refractivity contribution in [3.05, 3.63) is 35.0 Å². The number of hydrogen-bond acceptors (Lipinski definition) is 3. The summed E-state index contributed by atoms with van der Waals surface area (Å²) < 4.78 is 10.5. The Kier molecular flexibility index (Phi) is 3.06. The SMILES string of the molecule is COc1cc2c(c(Cl)c1OC)C=CC=CN2. The fourth-order valence-electron chi connectivity index (χ4n) is 1.59. The minimum atomic E-state index is 0.546. The van der Waals surface area contributed by atoms with Gasteiger partial charge in [-0.1, -0.05) is 23.8 Å². The van der Waals surface area contributed by atoms with E-state index in [1.165, 1.54) is 0 Å². The van der Waals surface area contributed by atoms with Gasteiger partial charge in [0.15, 0.2) is 11.5 Å². The van der Waals surface area contributed by atoms with Crippen molar-refractivity contribution < 1.29 is 9.47 Å². The van der Waals surface area contributed by atoms with Gasteiger partial charge in [0.1, 0.15) is 0 Å². The summed E-state index contributed by atoms with van der Waals surface area (Å²) in [5.41, 5.74) is 1.79. The van der Waals surface area contributed by atoms with E-state index in [2.05, 4.69) is 5.32 Å². The van der Waals surface area contributed by atoms with Crippen LogP contribution in [0.4, 0.5) is 5.69 Å². The molecule has 0 spiro atoms. The van der Waals surface area contributed by atoms with Crippen LogP contribution in [0.25, 0.3) is 6.08 Å². The summed E-state index contributed by atoms with van der Waals surface area (Å²) in [5, 5.41) is 3.67. The first-order valence-corrected chi connectivity index (χ1v) is 5.20. The zero-order valence-electron chi connectivity index (χ0n) is 9.08. The smallest absolute Gasteiger partial charge is 0.180 e. The second-order valence-electron chi connectivity index (χ2n) is 3.25. The average molecular weight is 238 g/mol. The molecule has 1 aromatic carbocycles. The van der Waals surface area contributed by atoms with Crippen LogP contribution in [0.2, 0.25) is 5.02 Å². The molecule has 2 rings (SSSR count). The molecule has 84 valence electrons. The van der Waals surface area contributed by atoms with Crippen LogP contribution >= 0.6 is 11.6 Å². The number of rotatable bonds is 2. The molecule has 0 saturated carbocycles. The Hall–Kier alpha value is -1.61. The first-order chi connectivity index (χ1) is 7.77.